The lowest BCUT2D eigenvalue weighted by atomic mass is 10.1. The minimum Gasteiger partial charge on any atom is -0.508 e. The zero-order valence-corrected chi connectivity index (χ0v) is 15.0. The molecule has 0 saturated heterocycles. The summed E-state index contributed by atoms with van der Waals surface area (Å²) in [6.45, 7) is 0. The Balaban J connectivity index is 1.86. The highest BCUT2D eigenvalue weighted by Crippen LogP contribution is 2.18. The Kier molecular flexibility index (Phi) is 5.71. The van der Waals surface area contributed by atoms with Crippen molar-refractivity contribution in [1.82, 2.24) is 9.97 Å². The van der Waals surface area contributed by atoms with Gasteiger partial charge in [0.05, 0.1) is 11.4 Å². The van der Waals surface area contributed by atoms with Crippen LogP contribution in [0.2, 0.25) is 0 Å². The molecule has 0 spiro atoms. The number of nitrogens with zero attached hydrogens (tertiary/aromatic N) is 2. The van der Waals surface area contributed by atoms with Gasteiger partial charge in [0.1, 0.15) is 11.5 Å². The van der Waals surface area contributed by atoms with E-state index >= 15 is 0 Å². The molecular weight excluding hydrogens is 344 g/mol. The molecule has 1 heterocycles. The third-order valence-corrected chi connectivity index (χ3v) is 4.11. The Bertz CT molecular complexity index is 894. The first kappa shape index (κ1) is 17.8. The van der Waals surface area contributed by atoms with E-state index in [0.717, 1.165) is 22.5 Å². The number of thioether (sulfide) groups is 1. The smallest absolute Gasteiger partial charge is 0.188 e. The van der Waals surface area contributed by atoms with E-state index < -0.39 is 0 Å². The van der Waals surface area contributed by atoms with Crippen LogP contribution in [0.5, 0.6) is 11.5 Å². The van der Waals surface area contributed by atoms with Gasteiger partial charge in [-0.25, -0.2) is 9.97 Å². The van der Waals surface area contributed by atoms with E-state index in [1.807, 2.05) is 48.8 Å². The van der Waals surface area contributed by atoms with E-state index in [4.69, 9.17) is 0 Å². The molecule has 130 valence electrons. The largest absolute Gasteiger partial charge is 0.508 e. The molecule has 0 amide bonds. The first-order valence-corrected chi connectivity index (χ1v) is 9.22. The molecule has 2 aromatic carbocycles. The summed E-state index contributed by atoms with van der Waals surface area (Å²) >= 11 is 1.48. The summed E-state index contributed by atoms with van der Waals surface area (Å²) in [4.78, 5) is 8.97. The molecule has 5 heteroatoms. The van der Waals surface area contributed by atoms with Gasteiger partial charge in [-0.05, 0) is 59.9 Å². The highest BCUT2D eigenvalue weighted by atomic mass is 32.2. The lowest BCUT2D eigenvalue weighted by molar-refractivity contribution is 0.474. The Morgan fingerprint density at radius 3 is 1.65 bits per heavy atom. The molecule has 3 rings (SSSR count). The molecule has 0 aliphatic carbocycles. The summed E-state index contributed by atoms with van der Waals surface area (Å²) in [7, 11) is 0. The van der Waals surface area contributed by atoms with E-state index in [-0.39, 0.29) is 11.5 Å². The van der Waals surface area contributed by atoms with Gasteiger partial charge < -0.3 is 10.2 Å². The monoisotopic (exact) mass is 362 g/mol. The quantitative estimate of drug-likeness (QED) is 0.496. The summed E-state index contributed by atoms with van der Waals surface area (Å²) in [5.41, 5.74) is 3.35. The second-order valence-corrected chi connectivity index (χ2v) is 6.33. The Hall–Kier alpha value is -3.05. The fraction of sp³-hybridized carbons (Fsp3) is 0.0476. The van der Waals surface area contributed by atoms with Crippen molar-refractivity contribution in [2.75, 3.05) is 6.26 Å². The first-order valence-electron chi connectivity index (χ1n) is 8.00. The number of hydrogen-bond donors (Lipinski definition) is 2. The van der Waals surface area contributed by atoms with Crippen LogP contribution in [-0.2, 0) is 0 Å². The topological polar surface area (TPSA) is 66.2 Å². The van der Waals surface area contributed by atoms with Gasteiger partial charge in [0.2, 0.25) is 0 Å². The van der Waals surface area contributed by atoms with E-state index in [1.54, 1.807) is 36.4 Å². The Morgan fingerprint density at radius 1 is 0.731 bits per heavy atom. The Morgan fingerprint density at radius 2 is 1.23 bits per heavy atom. The van der Waals surface area contributed by atoms with E-state index in [2.05, 4.69) is 9.97 Å². The maximum Gasteiger partial charge on any atom is 0.188 e. The summed E-state index contributed by atoms with van der Waals surface area (Å²) in [6, 6.07) is 16.0. The minimum atomic E-state index is 0.231. The molecule has 0 saturated carbocycles. The van der Waals surface area contributed by atoms with Crippen LogP contribution in [0.1, 0.15) is 22.5 Å². The molecule has 0 aliphatic heterocycles. The van der Waals surface area contributed by atoms with Crippen molar-refractivity contribution in [2.24, 2.45) is 0 Å². The van der Waals surface area contributed by atoms with Crippen LogP contribution in [0.4, 0.5) is 0 Å². The molecule has 0 radical (unpaired) electrons. The lowest BCUT2D eigenvalue weighted by Gasteiger charge is -2.02. The molecule has 26 heavy (non-hydrogen) atoms. The van der Waals surface area contributed by atoms with Crippen LogP contribution < -0.4 is 0 Å². The van der Waals surface area contributed by atoms with Gasteiger partial charge >= 0.3 is 0 Å². The fourth-order valence-corrected chi connectivity index (χ4v) is 2.74. The van der Waals surface area contributed by atoms with Crippen molar-refractivity contribution < 1.29 is 10.2 Å². The third kappa shape index (κ3) is 4.97. The van der Waals surface area contributed by atoms with Crippen LogP contribution >= 0.6 is 11.8 Å². The molecule has 0 unspecified atom stereocenters. The average Bonchev–Trinajstić information content (AvgIpc) is 2.65. The second-order valence-electron chi connectivity index (χ2n) is 5.56. The van der Waals surface area contributed by atoms with Crippen molar-refractivity contribution in [3.05, 3.63) is 77.1 Å². The van der Waals surface area contributed by atoms with Gasteiger partial charge in [-0.3, -0.25) is 0 Å². The molecule has 3 aromatic rings. The molecule has 0 atom stereocenters. The normalized spacial score (nSPS) is 11.4. The first-order chi connectivity index (χ1) is 12.6. The van der Waals surface area contributed by atoms with Crippen molar-refractivity contribution >= 4 is 36.1 Å². The molecule has 0 bridgehead atoms. The SMILES string of the molecule is CSc1nc(/C=C/c2cccc(O)c2)cc(/C=C/c2cccc(O)c2)n1. The lowest BCUT2D eigenvalue weighted by Crippen LogP contribution is -1.92. The van der Waals surface area contributed by atoms with E-state index in [0.29, 0.717) is 5.16 Å². The van der Waals surface area contributed by atoms with Crippen molar-refractivity contribution in [1.29, 1.82) is 0 Å². The molecule has 0 fully saturated rings. The van der Waals surface area contributed by atoms with Crippen LogP contribution in [0.3, 0.4) is 0 Å². The number of benzene rings is 2. The second kappa shape index (κ2) is 8.36. The molecule has 1 aromatic heterocycles. The van der Waals surface area contributed by atoms with Gasteiger partial charge in [-0.15, -0.1) is 0 Å². The zero-order valence-electron chi connectivity index (χ0n) is 14.2. The van der Waals surface area contributed by atoms with Gasteiger partial charge in [0, 0.05) is 0 Å². The zero-order chi connectivity index (χ0) is 18.4. The third-order valence-electron chi connectivity index (χ3n) is 3.56. The van der Waals surface area contributed by atoms with Crippen LogP contribution in [0.15, 0.2) is 59.8 Å². The maximum atomic E-state index is 9.54. The van der Waals surface area contributed by atoms with Gasteiger partial charge in [-0.1, -0.05) is 48.2 Å². The van der Waals surface area contributed by atoms with Crippen molar-refractivity contribution in [3.8, 4) is 11.5 Å². The minimum absolute atomic E-state index is 0.231. The number of phenolic OH excluding ortho intramolecular Hbond substituents is 2. The van der Waals surface area contributed by atoms with Crippen molar-refractivity contribution in [2.45, 2.75) is 5.16 Å². The van der Waals surface area contributed by atoms with Crippen LogP contribution in [-0.4, -0.2) is 26.4 Å². The average molecular weight is 362 g/mol. The van der Waals surface area contributed by atoms with Crippen molar-refractivity contribution in [3.63, 3.8) is 0 Å². The van der Waals surface area contributed by atoms with Crippen LogP contribution in [0, 0.1) is 0 Å². The number of phenols is 2. The summed E-state index contributed by atoms with van der Waals surface area (Å²) < 4.78 is 0. The standard InChI is InChI=1S/C21H18N2O2S/c1-26-21-22-17(10-8-15-4-2-6-19(24)12-15)14-18(23-21)11-9-16-5-3-7-20(25)13-16/h2-14,24-25H,1H3/b10-8+,11-9+. The predicted molar refractivity (Wildman–Crippen MR) is 108 cm³/mol. The molecule has 2 N–H and O–H groups in total. The molecular formula is C21H18N2O2S. The Labute approximate surface area is 156 Å². The fourth-order valence-electron chi connectivity index (χ4n) is 2.34. The highest BCUT2D eigenvalue weighted by molar-refractivity contribution is 7.98. The summed E-state index contributed by atoms with van der Waals surface area (Å²) in [6.07, 6.45) is 9.51. The number of aromatic nitrogens is 2. The molecule has 0 aliphatic rings. The molecule has 4 nitrogen and oxygen atoms in total. The van der Waals surface area contributed by atoms with Gasteiger partial charge in [0.15, 0.2) is 5.16 Å². The number of rotatable bonds is 5. The van der Waals surface area contributed by atoms with E-state index in [1.165, 1.54) is 11.8 Å². The van der Waals surface area contributed by atoms with Gasteiger partial charge in [-0.2, -0.15) is 0 Å². The predicted octanol–water partition coefficient (Wildman–Crippen LogP) is 4.95. The number of hydrogen-bond acceptors (Lipinski definition) is 5. The van der Waals surface area contributed by atoms with Gasteiger partial charge in [0.25, 0.3) is 0 Å². The van der Waals surface area contributed by atoms with Crippen LogP contribution in [0.25, 0.3) is 24.3 Å². The maximum absolute atomic E-state index is 9.54. The number of aromatic hydroxyl groups is 2. The summed E-state index contributed by atoms with van der Waals surface area (Å²) in [5.74, 6) is 0.462. The highest BCUT2D eigenvalue weighted by Gasteiger charge is 2.01. The summed E-state index contributed by atoms with van der Waals surface area (Å²) in [5, 5.41) is 19.8. The van der Waals surface area contributed by atoms with E-state index in [9.17, 15) is 10.2 Å².